The van der Waals surface area contributed by atoms with Crippen molar-refractivity contribution in [1.82, 2.24) is 4.98 Å². The van der Waals surface area contributed by atoms with Gasteiger partial charge in [-0.2, -0.15) is 0 Å². The summed E-state index contributed by atoms with van der Waals surface area (Å²) in [5.41, 5.74) is 1.99. The smallest absolute Gasteiger partial charge is 0.257 e. The zero-order valence-corrected chi connectivity index (χ0v) is 14.2. The van der Waals surface area contributed by atoms with Crippen molar-refractivity contribution in [3.05, 3.63) is 77.4 Å². The first-order chi connectivity index (χ1) is 12.1. The van der Waals surface area contributed by atoms with Crippen molar-refractivity contribution >= 4 is 34.7 Å². The van der Waals surface area contributed by atoms with E-state index in [2.05, 4.69) is 15.6 Å². The molecule has 0 saturated carbocycles. The van der Waals surface area contributed by atoms with Gasteiger partial charge in [0.25, 0.3) is 5.91 Å². The van der Waals surface area contributed by atoms with Gasteiger partial charge in [0.1, 0.15) is 11.6 Å². The van der Waals surface area contributed by atoms with Crippen molar-refractivity contribution in [3.63, 3.8) is 0 Å². The van der Waals surface area contributed by atoms with E-state index in [1.807, 2.05) is 24.3 Å². The number of rotatable bonds is 5. The second-order valence-electron chi connectivity index (χ2n) is 5.25. The molecule has 3 rings (SSSR count). The number of pyridine rings is 1. The summed E-state index contributed by atoms with van der Waals surface area (Å²) in [6.45, 7) is 0. The summed E-state index contributed by atoms with van der Waals surface area (Å²) >= 11 is 5.83. The maximum atomic E-state index is 12.2. The van der Waals surface area contributed by atoms with Gasteiger partial charge in [0.05, 0.1) is 12.7 Å². The first-order valence-electron chi connectivity index (χ1n) is 7.58. The van der Waals surface area contributed by atoms with Crippen molar-refractivity contribution in [2.24, 2.45) is 0 Å². The average Bonchev–Trinajstić information content (AvgIpc) is 2.64. The molecule has 0 saturated heterocycles. The van der Waals surface area contributed by atoms with E-state index in [1.165, 1.54) is 6.20 Å². The number of anilines is 3. The van der Waals surface area contributed by atoms with Crippen molar-refractivity contribution < 1.29 is 9.53 Å². The number of nitrogens with zero attached hydrogens (tertiary/aromatic N) is 1. The molecule has 1 aromatic heterocycles. The van der Waals surface area contributed by atoms with E-state index in [1.54, 1.807) is 43.5 Å². The topological polar surface area (TPSA) is 63.2 Å². The number of amides is 1. The lowest BCUT2D eigenvalue weighted by Crippen LogP contribution is -2.12. The Morgan fingerprint density at radius 3 is 2.52 bits per heavy atom. The van der Waals surface area contributed by atoms with Crippen molar-refractivity contribution in [1.29, 1.82) is 0 Å². The molecule has 2 N–H and O–H groups in total. The van der Waals surface area contributed by atoms with Crippen LogP contribution in [-0.4, -0.2) is 18.0 Å². The Kier molecular flexibility index (Phi) is 5.16. The molecule has 0 bridgehead atoms. The number of carbonyl (C=O) groups is 1. The molecule has 0 aliphatic heterocycles. The van der Waals surface area contributed by atoms with Gasteiger partial charge in [-0.25, -0.2) is 4.98 Å². The second-order valence-corrected chi connectivity index (χ2v) is 5.69. The Balaban J connectivity index is 1.66. The Labute approximate surface area is 150 Å². The van der Waals surface area contributed by atoms with Crippen LogP contribution in [0.2, 0.25) is 5.02 Å². The predicted molar refractivity (Wildman–Crippen MR) is 99.9 cm³/mol. The van der Waals surface area contributed by atoms with Crippen LogP contribution in [0.1, 0.15) is 10.4 Å². The second kappa shape index (κ2) is 7.68. The van der Waals surface area contributed by atoms with E-state index in [0.717, 1.165) is 11.4 Å². The fourth-order valence-corrected chi connectivity index (χ4v) is 2.31. The molecule has 1 heterocycles. The maximum Gasteiger partial charge on any atom is 0.257 e. The molecule has 0 atom stereocenters. The summed E-state index contributed by atoms with van der Waals surface area (Å²) in [6, 6.07) is 17.9. The molecule has 0 aliphatic carbocycles. The first kappa shape index (κ1) is 16.8. The first-order valence-corrected chi connectivity index (χ1v) is 7.96. The molecule has 2 aromatic carbocycles. The van der Waals surface area contributed by atoms with Gasteiger partial charge in [0, 0.05) is 28.7 Å². The lowest BCUT2D eigenvalue weighted by Gasteiger charge is -2.08. The van der Waals surface area contributed by atoms with Crippen LogP contribution in [0, 0.1) is 0 Å². The van der Waals surface area contributed by atoms with Crippen LogP contribution in [0.4, 0.5) is 17.2 Å². The number of benzene rings is 2. The molecule has 0 spiro atoms. The monoisotopic (exact) mass is 353 g/mol. The summed E-state index contributed by atoms with van der Waals surface area (Å²) in [6.07, 6.45) is 1.52. The minimum Gasteiger partial charge on any atom is -0.497 e. The summed E-state index contributed by atoms with van der Waals surface area (Å²) in [4.78, 5) is 16.5. The predicted octanol–water partition coefficient (Wildman–Crippen LogP) is 4.74. The van der Waals surface area contributed by atoms with Crippen molar-refractivity contribution in [2.75, 3.05) is 17.7 Å². The molecular formula is C19H16ClN3O2. The standard InChI is InChI=1S/C19H16ClN3O2/c1-25-17-4-2-3-16(11-17)22-18-10-5-13(12-21-18)19(24)23-15-8-6-14(20)7-9-15/h2-12H,1H3,(H,21,22)(H,23,24). The van der Waals surface area contributed by atoms with E-state index in [4.69, 9.17) is 16.3 Å². The van der Waals surface area contributed by atoms with E-state index < -0.39 is 0 Å². The fraction of sp³-hybridized carbons (Fsp3) is 0.0526. The third-order valence-electron chi connectivity index (χ3n) is 3.47. The van der Waals surface area contributed by atoms with Crippen LogP contribution in [-0.2, 0) is 0 Å². The lowest BCUT2D eigenvalue weighted by atomic mass is 10.2. The van der Waals surface area contributed by atoms with Gasteiger partial charge in [-0.15, -0.1) is 0 Å². The third-order valence-corrected chi connectivity index (χ3v) is 3.72. The van der Waals surface area contributed by atoms with Crippen LogP contribution in [0.5, 0.6) is 5.75 Å². The molecule has 0 unspecified atom stereocenters. The molecular weight excluding hydrogens is 338 g/mol. The zero-order chi connectivity index (χ0) is 17.6. The average molecular weight is 354 g/mol. The third kappa shape index (κ3) is 4.49. The summed E-state index contributed by atoms with van der Waals surface area (Å²) in [5, 5.41) is 6.58. The van der Waals surface area contributed by atoms with Crippen LogP contribution >= 0.6 is 11.6 Å². The molecule has 25 heavy (non-hydrogen) atoms. The molecule has 3 aromatic rings. The highest BCUT2D eigenvalue weighted by Crippen LogP contribution is 2.20. The van der Waals surface area contributed by atoms with Gasteiger partial charge >= 0.3 is 0 Å². The zero-order valence-electron chi connectivity index (χ0n) is 13.5. The van der Waals surface area contributed by atoms with E-state index in [-0.39, 0.29) is 5.91 Å². The number of ether oxygens (including phenoxy) is 1. The Bertz CT molecular complexity index is 865. The molecule has 6 heteroatoms. The van der Waals surface area contributed by atoms with Gasteiger partial charge in [-0.05, 0) is 48.5 Å². The number of hydrogen-bond donors (Lipinski definition) is 2. The highest BCUT2D eigenvalue weighted by atomic mass is 35.5. The van der Waals surface area contributed by atoms with Gasteiger partial charge in [0.2, 0.25) is 0 Å². The number of hydrogen-bond acceptors (Lipinski definition) is 4. The fourth-order valence-electron chi connectivity index (χ4n) is 2.19. The number of carbonyl (C=O) groups excluding carboxylic acids is 1. The van der Waals surface area contributed by atoms with Gasteiger partial charge in [-0.1, -0.05) is 17.7 Å². The molecule has 0 aliphatic rings. The number of methoxy groups -OCH3 is 1. The summed E-state index contributed by atoms with van der Waals surface area (Å²) in [7, 11) is 1.62. The highest BCUT2D eigenvalue weighted by Gasteiger charge is 2.07. The van der Waals surface area contributed by atoms with Crippen LogP contribution in [0.25, 0.3) is 0 Å². The van der Waals surface area contributed by atoms with Crippen LogP contribution in [0.15, 0.2) is 66.9 Å². The maximum absolute atomic E-state index is 12.2. The van der Waals surface area contributed by atoms with Crippen LogP contribution < -0.4 is 15.4 Å². The number of nitrogens with one attached hydrogen (secondary N) is 2. The minimum atomic E-state index is -0.234. The highest BCUT2D eigenvalue weighted by molar-refractivity contribution is 6.30. The van der Waals surface area contributed by atoms with Crippen LogP contribution in [0.3, 0.4) is 0 Å². The SMILES string of the molecule is COc1cccc(Nc2ccc(C(=O)Nc3ccc(Cl)cc3)cn2)c1. The molecule has 0 fully saturated rings. The van der Waals surface area contributed by atoms with Crippen molar-refractivity contribution in [3.8, 4) is 5.75 Å². The van der Waals surface area contributed by atoms with E-state index in [9.17, 15) is 4.79 Å². The molecule has 126 valence electrons. The minimum absolute atomic E-state index is 0.234. The largest absolute Gasteiger partial charge is 0.497 e. The van der Waals surface area contributed by atoms with Crippen molar-refractivity contribution in [2.45, 2.75) is 0 Å². The lowest BCUT2D eigenvalue weighted by molar-refractivity contribution is 0.102. The molecule has 5 nitrogen and oxygen atoms in total. The van der Waals surface area contributed by atoms with Gasteiger partial charge in [-0.3, -0.25) is 4.79 Å². The molecule has 0 radical (unpaired) electrons. The summed E-state index contributed by atoms with van der Waals surface area (Å²) in [5.74, 6) is 1.16. The molecule has 1 amide bonds. The number of aromatic nitrogens is 1. The van der Waals surface area contributed by atoms with E-state index in [0.29, 0.717) is 22.1 Å². The van der Waals surface area contributed by atoms with Gasteiger partial charge < -0.3 is 15.4 Å². The Morgan fingerprint density at radius 1 is 1.04 bits per heavy atom. The summed E-state index contributed by atoms with van der Waals surface area (Å²) < 4.78 is 5.19. The normalized spacial score (nSPS) is 10.2. The van der Waals surface area contributed by atoms with Gasteiger partial charge in [0.15, 0.2) is 0 Å². The Hall–Kier alpha value is -3.05. The quantitative estimate of drug-likeness (QED) is 0.695. The Morgan fingerprint density at radius 2 is 1.84 bits per heavy atom. The number of halogens is 1. The van der Waals surface area contributed by atoms with E-state index >= 15 is 0 Å².